The summed E-state index contributed by atoms with van der Waals surface area (Å²) in [6, 6.07) is 0. The average molecular weight is 1050 g/mol. The topological polar surface area (TPSA) is 72.8 Å². The van der Waals surface area contributed by atoms with Gasteiger partial charge in [-0.2, -0.15) is 0 Å². The fourth-order valence-corrected chi connectivity index (χ4v) is 8.50. The molecule has 0 saturated carbocycles. The van der Waals surface area contributed by atoms with Crippen molar-refractivity contribution in [3.8, 4) is 0 Å². The van der Waals surface area contributed by atoms with Crippen molar-refractivity contribution in [1.29, 1.82) is 0 Å². The van der Waals surface area contributed by atoms with Crippen molar-refractivity contribution >= 4 is 11.9 Å². The van der Waals surface area contributed by atoms with E-state index in [-0.39, 0.29) is 25.2 Å². The van der Waals surface area contributed by atoms with Gasteiger partial charge in [0, 0.05) is 12.8 Å². The van der Waals surface area contributed by atoms with E-state index in [1.165, 1.54) is 128 Å². The number of aliphatic hydroxyl groups excluding tert-OH is 1. The van der Waals surface area contributed by atoms with Gasteiger partial charge in [-0.1, -0.05) is 288 Å². The second-order valence-electron chi connectivity index (χ2n) is 20.4. The Labute approximate surface area is 469 Å². The lowest BCUT2D eigenvalue weighted by Gasteiger charge is -2.15. The lowest BCUT2D eigenvalue weighted by Crippen LogP contribution is -2.28. The van der Waals surface area contributed by atoms with E-state index in [0.717, 1.165) is 116 Å². The number of esters is 2. The van der Waals surface area contributed by atoms with Gasteiger partial charge in [-0.3, -0.25) is 9.59 Å². The zero-order chi connectivity index (χ0) is 54.8. The van der Waals surface area contributed by atoms with Gasteiger partial charge in [0.05, 0.1) is 6.61 Å². The third kappa shape index (κ3) is 62.3. The molecule has 5 nitrogen and oxygen atoms in total. The molecule has 0 spiro atoms. The Hall–Kier alpha value is -4.22. The molecule has 0 aliphatic heterocycles. The molecule has 5 heteroatoms. The fourth-order valence-electron chi connectivity index (χ4n) is 8.50. The minimum Gasteiger partial charge on any atom is -0.462 e. The zero-order valence-electron chi connectivity index (χ0n) is 49.2. The van der Waals surface area contributed by atoms with Crippen molar-refractivity contribution in [3.63, 3.8) is 0 Å². The molecule has 1 unspecified atom stereocenters. The normalized spacial score (nSPS) is 13.2. The monoisotopic (exact) mass is 1050 g/mol. The van der Waals surface area contributed by atoms with Crippen molar-refractivity contribution in [1.82, 2.24) is 0 Å². The van der Waals surface area contributed by atoms with Gasteiger partial charge in [0.15, 0.2) is 6.10 Å². The van der Waals surface area contributed by atoms with Crippen LogP contribution in [0.3, 0.4) is 0 Å². The summed E-state index contributed by atoms with van der Waals surface area (Å²) in [5.41, 5.74) is 0. The molecule has 0 amide bonds. The van der Waals surface area contributed by atoms with Crippen LogP contribution in [0.25, 0.3) is 0 Å². The highest BCUT2D eigenvalue weighted by atomic mass is 16.6. The third-order valence-corrected chi connectivity index (χ3v) is 13.1. The predicted molar refractivity (Wildman–Crippen MR) is 334 cm³/mol. The second-order valence-corrected chi connectivity index (χ2v) is 20.4. The molecule has 0 aromatic rings. The third-order valence-electron chi connectivity index (χ3n) is 13.1. The number of carbonyl (C=O) groups is 2. The molecule has 0 radical (unpaired) electrons. The molecule has 0 fully saturated rings. The SMILES string of the molecule is CC/C=C\C/C=C\C/C=C\C/C=C\C/C=C\C/C=C\CCCCCCCCCCCCCCC(=O)OCC(CO)OC(=O)CCCCCCCCCCCCCC/C=C\C/C=C\C/C=C\C/C=C\C/C=C\C/C=C\CC. The molecule has 0 saturated heterocycles. The Morgan fingerprint density at radius 1 is 0.303 bits per heavy atom. The van der Waals surface area contributed by atoms with Crippen LogP contribution >= 0.6 is 0 Å². The first-order valence-corrected chi connectivity index (χ1v) is 31.4. The first kappa shape index (κ1) is 71.8. The molecule has 430 valence electrons. The minimum atomic E-state index is -0.785. The van der Waals surface area contributed by atoms with E-state index in [9.17, 15) is 14.7 Å². The van der Waals surface area contributed by atoms with Crippen LogP contribution in [0.2, 0.25) is 0 Å². The van der Waals surface area contributed by atoms with E-state index >= 15 is 0 Å². The lowest BCUT2D eigenvalue weighted by atomic mass is 10.0. The van der Waals surface area contributed by atoms with Crippen LogP contribution in [0, 0.1) is 0 Å². The van der Waals surface area contributed by atoms with Gasteiger partial charge in [-0.05, 0) is 116 Å². The molecular weight excluding hydrogens is 933 g/mol. The number of allylic oxidation sites excluding steroid dienone is 24. The standard InChI is InChI=1S/C71H116O5/c1-3-5-7-9-11-13-15-17-19-21-23-25-27-29-31-33-35-37-39-41-43-45-47-49-51-53-55-57-59-61-63-65-70(73)75-68-69(67-72)76-71(74)66-64-62-60-58-56-54-52-50-48-46-44-42-40-38-36-34-32-30-28-26-24-22-20-18-16-14-12-10-8-6-4-2/h5-8,11-14,17-20,23-26,29-32,35-38,69,72H,3-4,9-10,15-16,21-22,27-28,33-34,39-68H2,1-2H3/b7-5-,8-6-,13-11-,14-12-,19-17-,20-18-,25-23-,26-24-,31-29-,32-30-,37-35-,38-36-. The van der Waals surface area contributed by atoms with Gasteiger partial charge < -0.3 is 14.6 Å². The number of ether oxygens (including phenoxy) is 2. The first-order valence-electron chi connectivity index (χ1n) is 31.4. The minimum absolute atomic E-state index is 0.0745. The maximum absolute atomic E-state index is 12.3. The molecule has 1 atom stereocenters. The molecule has 0 heterocycles. The van der Waals surface area contributed by atoms with E-state index in [0.29, 0.717) is 12.8 Å². The Kier molecular flexibility index (Phi) is 61.5. The summed E-state index contributed by atoms with van der Waals surface area (Å²) in [7, 11) is 0. The van der Waals surface area contributed by atoms with Crippen molar-refractivity contribution < 1.29 is 24.2 Å². The van der Waals surface area contributed by atoms with Crippen LogP contribution in [0.15, 0.2) is 146 Å². The Bertz CT molecular complexity index is 1610. The van der Waals surface area contributed by atoms with Crippen LogP contribution in [-0.4, -0.2) is 36.4 Å². The maximum atomic E-state index is 12.3. The molecule has 0 aromatic carbocycles. The predicted octanol–water partition coefficient (Wildman–Crippen LogP) is 21.8. The van der Waals surface area contributed by atoms with Gasteiger partial charge in [-0.25, -0.2) is 0 Å². The lowest BCUT2D eigenvalue weighted by molar-refractivity contribution is -0.161. The van der Waals surface area contributed by atoms with Crippen molar-refractivity contribution in [2.45, 2.75) is 277 Å². The summed E-state index contributed by atoms with van der Waals surface area (Å²) in [6.07, 6.45) is 98.3. The molecule has 0 rings (SSSR count). The van der Waals surface area contributed by atoms with Gasteiger partial charge in [-0.15, -0.1) is 0 Å². The molecular formula is C71H116O5. The molecule has 1 N–H and O–H groups in total. The largest absolute Gasteiger partial charge is 0.462 e. The number of hydrogen-bond acceptors (Lipinski definition) is 5. The number of carbonyl (C=O) groups excluding carboxylic acids is 2. The van der Waals surface area contributed by atoms with Gasteiger partial charge in [0.25, 0.3) is 0 Å². The summed E-state index contributed by atoms with van der Waals surface area (Å²) < 4.78 is 10.7. The number of rotatable bonds is 56. The van der Waals surface area contributed by atoms with E-state index in [1.54, 1.807) is 0 Å². The average Bonchev–Trinajstić information content (AvgIpc) is 3.42. The highest BCUT2D eigenvalue weighted by Gasteiger charge is 2.16. The molecule has 0 aromatic heterocycles. The van der Waals surface area contributed by atoms with Crippen molar-refractivity contribution in [2.24, 2.45) is 0 Å². The first-order chi connectivity index (χ1) is 37.6. The molecule has 0 aliphatic carbocycles. The second kappa shape index (κ2) is 65.1. The molecule has 0 bridgehead atoms. The van der Waals surface area contributed by atoms with E-state index in [2.05, 4.69) is 160 Å². The summed E-state index contributed by atoms with van der Waals surface area (Å²) >= 11 is 0. The highest BCUT2D eigenvalue weighted by molar-refractivity contribution is 5.70. The molecule has 0 aliphatic rings. The van der Waals surface area contributed by atoms with Crippen LogP contribution in [0.4, 0.5) is 0 Å². The van der Waals surface area contributed by atoms with Crippen LogP contribution in [-0.2, 0) is 19.1 Å². The quantitative estimate of drug-likeness (QED) is 0.0373. The highest BCUT2D eigenvalue weighted by Crippen LogP contribution is 2.16. The number of hydrogen-bond donors (Lipinski definition) is 1. The van der Waals surface area contributed by atoms with Crippen molar-refractivity contribution in [3.05, 3.63) is 146 Å². The smallest absolute Gasteiger partial charge is 0.306 e. The maximum Gasteiger partial charge on any atom is 0.306 e. The number of unbranched alkanes of at least 4 members (excludes halogenated alkanes) is 24. The van der Waals surface area contributed by atoms with Crippen LogP contribution in [0.5, 0.6) is 0 Å². The Balaban J connectivity index is 3.53. The molecule has 76 heavy (non-hydrogen) atoms. The number of aliphatic hydroxyl groups is 1. The summed E-state index contributed by atoms with van der Waals surface area (Å²) in [5.74, 6) is -0.598. The van der Waals surface area contributed by atoms with E-state index in [4.69, 9.17) is 9.47 Å². The Morgan fingerprint density at radius 3 is 0.789 bits per heavy atom. The summed E-state index contributed by atoms with van der Waals surface area (Å²) in [5, 5.41) is 9.69. The summed E-state index contributed by atoms with van der Waals surface area (Å²) in [4.78, 5) is 24.6. The van der Waals surface area contributed by atoms with Crippen LogP contribution < -0.4 is 0 Å². The Morgan fingerprint density at radius 2 is 0.526 bits per heavy atom. The van der Waals surface area contributed by atoms with Gasteiger partial charge in [0.2, 0.25) is 0 Å². The van der Waals surface area contributed by atoms with Crippen LogP contribution in [0.1, 0.15) is 271 Å². The van der Waals surface area contributed by atoms with Crippen molar-refractivity contribution in [2.75, 3.05) is 13.2 Å². The fraction of sp³-hybridized carbons (Fsp3) is 0.634. The van der Waals surface area contributed by atoms with E-state index < -0.39 is 6.10 Å². The van der Waals surface area contributed by atoms with Gasteiger partial charge in [0.1, 0.15) is 6.61 Å². The zero-order valence-corrected chi connectivity index (χ0v) is 49.2. The van der Waals surface area contributed by atoms with Gasteiger partial charge >= 0.3 is 11.9 Å². The summed E-state index contributed by atoms with van der Waals surface area (Å²) in [6.45, 7) is 3.92. The van der Waals surface area contributed by atoms with E-state index in [1.807, 2.05) is 0 Å².